The molecule has 3 aromatic rings. The van der Waals surface area contributed by atoms with Gasteiger partial charge in [-0.2, -0.15) is 4.31 Å². The van der Waals surface area contributed by atoms with Gasteiger partial charge in [-0.25, -0.2) is 21.2 Å². The third-order valence-electron chi connectivity index (χ3n) is 7.25. The summed E-state index contributed by atoms with van der Waals surface area (Å²) in [6, 6.07) is 13.9. The predicted molar refractivity (Wildman–Crippen MR) is 158 cm³/mol. The highest BCUT2D eigenvalue weighted by molar-refractivity contribution is 7.92. The van der Waals surface area contributed by atoms with Gasteiger partial charge in [-0.1, -0.05) is 6.92 Å². The number of halogens is 1. The summed E-state index contributed by atoms with van der Waals surface area (Å²) in [5, 5.41) is 9.90. The van der Waals surface area contributed by atoms with E-state index < -0.39 is 43.9 Å². The maximum Gasteiger partial charge on any atom is 0.261 e. The second kappa shape index (κ2) is 12.9. The van der Waals surface area contributed by atoms with Gasteiger partial charge in [-0.05, 0) is 73.7 Å². The quantitative estimate of drug-likeness (QED) is 0.346. The van der Waals surface area contributed by atoms with Crippen molar-refractivity contribution < 1.29 is 40.6 Å². The molecule has 0 radical (unpaired) electrons. The second-order valence-electron chi connectivity index (χ2n) is 10.4. The first-order valence-electron chi connectivity index (χ1n) is 13.4. The fourth-order valence-corrected chi connectivity index (χ4v) is 6.84. The molecule has 0 aromatic heterocycles. The summed E-state index contributed by atoms with van der Waals surface area (Å²) in [6.07, 6.45) is -0.748. The Balaban J connectivity index is 1.67. The summed E-state index contributed by atoms with van der Waals surface area (Å²) in [5.74, 6) is -0.828. The van der Waals surface area contributed by atoms with E-state index in [2.05, 4.69) is 4.72 Å². The summed E-state index contributed by atoms with van der Waals surface area (Å²) >= 11 is 0. The van der Waals surface area contributed by atoms with Crippen molar-refractivity contribution in [2.75, 3.05) is 38.6 Å². The van der Waals surface area contributed by atoms with E-state index in [0.717, 1.165) is 16.4 Å². The fourth-order valence-electron chi connectivity index (χ4n) is 4.61. The highest BCUT2D eigenvalue weighted by atomic mass is 32.2. The summed E-state index contributed by atoms with van der Waals surface area (Å²) in [7, 11) is -5.18. The number of likely N-dealkylation sites (N-methyl/N-ethyl adjacent to an activating group) is 1. The molecule has 14 heteroatoms. The van der Waals surface area contributed by atoms with E-state index in [1.54, 1.807) is 13.8 Å². The van der Waals surface area contributed by atoms with E-state index >= 15 is 0 Å². The van der Waals surface area contributed by atoms with E-state index in [9.17, 15) is 31.1 Å². The average molecular weight is 636 g/mol. The van der Waals surface area contributed by atoms with E-state index in [1.165, 1.54) is 73.7 Å². The zero-order valence-electron chi connectivity index (χ0n) is 24.1. The maximum absolute atomic E-state index is 13.7. The van der Waals surface area contributed by atoms with Crippen LogP contribution in [0, 0.1) is 11.7 Å². The number of sulfonamides is 2. The van der Waals surface area contributed by atoms with Gasteiger partial charge in [0, 0.05) is 25.2 Å². The number of aliphatic hydroxyl groups is 1. The number of carbonyl (C=O) groups excluding carboxylic acids is 1. The lowest BCUT2D eigenvalue weighted by Gasteiger charge is -2.38. The summed E-state index contributed by atoms with van der Waals surface area (Å²) in [6.45, 7) is 3.15. The van der Waals surface area contributed by atoms with Crippen LogP contribution in [0.3, 0.4) is 0 Å². The molecule has 3 aromatic carbocycles. The minimum atomic E-state index is -4.02. The topological polar surface area (TPSA) is 143 Å². The fraction of sp³-hybridized carbons (Fsp3) is 0.345. The number of aliphatic hydroxyl groups excluding tert-OH is 1. The van der Waals surface area contributed by atoms with Gasteiger partial charge in [0.1, 0.15) is 23.4 Å². The number of fused-ring (bicyclic) bond motifs is 1. The SMILES string of the molecule is COc1ccc(S(=O)(=O)Nc2ccc3c(c2)C(=O)N([C@H](C)CO)C[C@H](C)[C@H](CN(C)S(=O)(=O)c2ccc(F)cc2)O3)cc1. The van der Waals surface area contributed by atoms with Crippen LogP contribution >= 0.6 is 0 Å². The number of hydrogen-bond donors (Lipinski definition) is 2. The Morgan fingerprint density at radius 1 is 1.07 bits per heavy atom. The zero-order chi connectivity index (χ0) is 31.5. The third kappa shape index (κ3) is 7.09. The molecule has 1 amide bonds. The largest absolute Gasteiger partial charge is 0.497 e. The lowest BCUT2D eigenvalue weighted by molar-refractivity contribution is 0.0387. The number of anilines is 1. The van der Waals surface area contributed by atoms with Gasteiger partial charge in [0.2, 0.25) is 10.0 Å². The molecule has 3 atom stereocenters. The van der Waals surface area contributed by atoms with E-state index in [-0.39, 0.29) is 52.4 Å². The Hall–Kier alpha value is -3.72. The Morgan fingerprint density at radius 3 is 2.30 bits per heavy atom. The molecule has 0 unspecified atom stereocenters. The van der Waals surface area contributed by atoms with Gasteiger partial charge in [-0.3, -0.25) is 9.52 Å². The molecule has 0 bridgehead atoms. The molecule has 1 aliphatic rings. The van der Waals surface area contributed by atoms with Crippen LogP contribution in [0.15, 0.2) is 76.5 Å². The molecule has 0 fully saturated rings. The van der Waals surface area contributed by atoms with Gasteiger partial charge in [-0.15, -0.1) is 0 Å². The van der Waals surface area contributed by atoms with Crippen molar-refractivity contribution >= 4 is 31.6 Å². The van der Waals surface area contributed by atoms with E-state index in [4.69, 9.17) is 9.47 Å². The van der Waals surface area contributed by atoms with Gasteiger partial charge >= 0.3 is 0 Å². The van der Waals surface area contributed by atoms with Crippen LogP contribution in [0.4, 0.5) is 10.1 Å². The molecule has 4 rings (SSSR count). The molecule has 0 saturated heterocycles. The number of rotatable bonds is 10. The molecule has 2 N–H and O–H groups in total. The van der Waals surface area contributed by atoms with Gasteiger partial charge in [0.05, 0.1) is 41.7 Å². The van der Waals surface area contributed by atoms with E-state index in [0.29, 0.717) is 5.75 Å². The molecule has 43 heavy (non-hydrogen) atoms. The Morgan fingerprint density at radius 2 is 1.70 bits per heavy atom. The minimum absolute atomic E-state index is 0.0163. The molecule has 11 nitrogen and oxygen atoms in total. The molecule has 1 aliphatic heterocycles. The number of amides is 1. The molecule has 0 spiro atoms. The number of hydrogen-bond acceptors (Lipinski definition) is 8. The standard InChI is InChI=1S/C29H34FN3O8S2/c1-19-16-33(20(2)18-34)29(35)26-15-22(31-42(36,37)24-12-8-23(40-4)9-13-24)7-14-27(26)41-28(19)17-32(3)43(38,39)25-10-5-21(30)6-11-25/h5-15,19-20,28,31,34H,16-18H2,1-4H3/t19-,20+,28-/m0/s1. The Kier molecular flexibility index (Phi) is 9.64. The van der Waals surface area contributed by atoms with Crippen LogP contribution in [0.1, 0.15) is 24.2 Å². The van der Waals surface area contributed by atoms with Crippen LogP contribution in [0.5, 0.6) is 11.5 Å². The highest BCUT2D eigenvalue weighted by Crippen LogP contribution is 2.32. The first kappa shape index (κ1) is 32.2. The maximum atomic E-state index is 13.7. The van der Waals surface area contributed by atoms with Crippen molar-refractivity contribution in [1.82, 2.24) is 9.21 Å². The van der Waals surface area contributed by atoms with Gasteiger partial charge in [0.25, 0.3) is 15.9 Å². The number of carbonyl (C=O) groups is 1. The minimum Gasteiger partial charge on any atom is -0.497 e. The second-order valence-corrected chi connectivity index (χ2v) is 14.1. The van der Waals surface area contributed by atoms with Crippen molar-refractivity contribution in [1.29, 1.82) is 0 Å². The van der Waals surface area contributed by atoms with Crippen molar-refractivity contribution in [3.63, 3.8) is 0 Å². The average Bonchev–Trinajstić information content (AvgIpc) is 2.98. The number of ether oxygens (including phenoxy) is 2. The monoisotopic (exact) mass is 635 g/mol. The molecule has 1 heterocycles. The van der Waals surface area contributed by atoms with Crippen LogP contribution < -0.4 is 14.2 Å². The first-order valence-corrected chi connectivity index (χ1v) is 16.3. The van der Waals surface area contributed by atoms with Crippen molar-refractivity contribution in [3.8, 4) is 11.5 Å². The molecular formula is C29H34FN3O8S2. The Labute approximate surface area is 250 Å². The lowest BCUT2D eigenvalue weighted by atomic mass is 9.99. The van der Waals surface area contributed by atoms with E-state index in [1.807, 2.05) is 0 Å². The number of benzene rings is 3. The van der Waals surface area contributed by atoms with Gasteiger partial charge in [0.15, 0.2) is 0 Å². The highest BCUT2D eigenvalue weighted by Gasteiger charge is 2.35. The molecular weight excluding hydrogens is 601 g/mol. The number of methoxy groups -OCH3 is 1. The van der Waals surface area contributed by atoms with Gasteiger partial charge < -0.3 is 19.5 Å². The predicted octanol–water partition coefficient (Wildman–Crippen LogP) is 3.18. The van der Waals surface area contributed by atoms with Crippen molar-refractivity contribution in [3.05, 3.63) is 78.1 Å². The lowest BCUT2D eigenvalue weighted by Crippen LogP contribution is -2.50. The van der Waals surface area contributed by atoms with Crippen molar-refractivity contribution in [2.45, 2.75) is 35.8 Å². The summed E-state index contributed by atoms with van der Waals surface area (Å²) in [4.78, 5) is 15.1. The molecule has 0 saturated carbocycles. The van der Waals surface area contributed by atoms with Crippen LogP contribution in [-0.2, 0) is 20.0 Å². The Bertz CT molecular complexity index is 1670. The molecule has 232 valence electrons. The van der Waals surface area contributed by atoms with Crippen LogP contribution in [-0.4, -0.2) is 83.1 Å². The summed E-state index contributed by atoms with van der Waals surface area (Å²) in [5.41, 5.74) is 0.139. The first-order chi connectivity index (χ1) is 20.3. The number of nitrogens with one attached hydrogen (secondary N) is 1. The number of nitrogens with zero attached hydrogens (tertiary/aromatic N) is 2. The van der Waals surface area contributed by atoms with Crippen molar-refractivity contribution in [2.24, 2.45) is 5.92 Å². The van der Waals surface area contributed by atoms with Crippen LogP contribution in [0.25, 0.3) is 0 Å². The third-order valence-corrected chi connectivity index (χ3v) is 10.5. The summed E-state index contributed by atoms with van der Waals surface area (Å²) < 4.78 is 80.8. The normalized spacial score (nSPS) is 18.3. The van der Waals surface area contributed by atoms with Crippen LogP contribution in [0.2, 0.25) is 0 Å². The zero-order valence-corrected chi connectivity index (χ0v) is 25.7. The molecule has 0 aliphatic carbocycles. The smallest absolute Gasteiger partial charge is 0.261 e.